The van der Waals surface area contributed by atoms with Crippen LogP contribution in [0.5, 0.6) is 5.75 Å². The molecule has 0 atom stereocenters. The van der Waals surface area contributed by atoms with E-state index in [1.165, 1.54) is 11.8 Å². The maximum absolute atomic E-state index is 12.4. The number of thioether (sulfide) groups is 1. The molecule has 0 spiro atoms. The van der Waals surface area contributed by atoms with E-state index >= 15 is 0 Å². The molecular weight excluding hydrogens is 386 g/mol. The zero-order chi connectivity index (χ0) is 18.5. The minimum atomic E-state index is -0.0904. The van der Waals surface area contributed by atoms with Crippen LogP contribution in [0.2, 0.25) is 5.02 Å². The lowest BCUT2D eigenvalue weighted by molar-refractivity contribution is -0.121. The Balaban J connectivity index is 1.71. The Bertz CT molecular complexity index is 878. The van der Waals surface area contributed by atoms with E-state index in [4.69, 9.17) is 28.6 Å². The molecule has 1 fully saturated rings. The summed E-state index contributed by atoms with van der Waals surface area (Å²) in [6.45, 7) is 4.53. The number of hydrogen-bond donors (Lipinski definition) is 0. The molecule has 0 bridgehead atoms. The van der Waals surface area contributed by atoms with Gasteiger partial charge in [0.25, 0.3) is 5.91 Å². The van der Waals surface area contributed by atoms with Gasteiger partial charge in [-0.25, -0.2) is 0 Å². The summed E-state index contributed by atoms with van der Waals surface area (Å²) in [6.07, 6.45) is 3.50. The van der Waals surface area contributed by atoms with Crippen LogP contribution < -0.4 is 4.74 Å². The number of ether oxygens (including phenoxy) is 1. The van der Waals surface area contributed by atoms with E-state index < -0.39 is 0 Å². The van der Waals surface area contributed by atoms with E-state index in [1.807, 2.05) is 54.6 Å². The summed E-state index contributed by atoms with van der Waals surface area (Å²) >= 11 is 12.4. The fourth-order valence-electron chi connectivity index (χ4n) is 2.38. The van der Waals surface area contributed by atoms with Crippen LogP contribution in [-0.4, -0.2) is 21.7 Å². The van der Waals surface area contributed by atoms with Gasteiger partial charge in [-0.05, 0) is 41.5 Å². The largest absolute Gasteiger partial charge is 0.489 e. The Morgan fingerprint density at radius 2 is 2.00 bits per heavy atom. The highest BCUT2D eigenvalue weighted by Gasteiger charge is 2.30. The third-order valence-electron chi connectivity index (χ3n) is 3.66. The third kappa shape index (κ3) is 4.55. The zero-order valence-corrected chi connectivity index (χ0v) is 16.2. The van der Waals surface area contributed by atoms with E-state index in [2.05, 4.69) is 6.58 Å². The van der Waals surface area contributed by atoms with Crippen molar-refractivity contribution in [2.45, 2.75) is 6.61 Å². The summed E-state index contributed by atoms with van der Waals surface area (Å²) in [5.74, 6) is 0.641. The number of amides is 1. The number of hydrogen-bond acceptors (Lipinski definition) is 4. The second kappa shape index (κ2) is 8.54. The minimum absolute atomic E-state index is 0.0904. The number of benzene rings is 2. The van der Waals surface area contributed by atoms with Gasteiger partial charge in [-0.2, -0.15) is 0 Å². The van der Waals surface area contributed by atoms with Gasteiger partial charge in [0.2, 0.25) is 0 Å². The molecule has 0 N–H and O–H groups in total. The van der Waals surface area contributed by atoms with Gasteiger partial charge in [0.15, 0.2) is 0 Å². The van der Waals surface area contributed by atoms with Crippen molar-refractivity contribution in [3.05, 3.63) is 82.2 Å². The van der Waals surface area contributed by atoms with Gasteiger partial charge in [-0.3, -0.25) is 9.69 Å². The maximum atomic E-state index is 12.4. The van der Waals surface area contributed by atoms with Gasteiger partial charge in [-0.15, -0.1) is 6.58 Å². The van der Waals surface area contributed by atoms with Gasteiger partial charge in [0.1, 0.15) is 16.7 Å². The predicted molar refractivity (Wildman–Crippen MR) is 112 cm³/mol. The number of nitrogens with zero attached hydrogens (tertiary/aromatic N) is 1. The Morgan fingerprint density at radius 3 is 2.73 bits per heavy atom. The Kier molecular flexibility index (Phi) is 6.14. The molecule has 2 aromatic rings. The van der Waals surface area contributed by atoms with Crippen molar-refractivity contribution in [2.75, 3.05) is 6.54 Å². The lowest BCUT2D eigenvalue weighted by Gasteiger charge is -2.10. The second-order valence-electron chi connectivity index (χ2n) is 5.57. The molecule has 0 aromatic heterocycles. The van der Waals surface area contributed by atoms with Crippen LogP contribution in [0.25, 0.3) is 6.08 Å². The molecule has 3 rings (SSSR count). The van der Waals surface area contributed by atoms with Crippen molar-refractivity contribution < 1.29 is 9.53 Å². The van der Waals surface area contributed by atoms with Crippen LogP contribution in [0.15, 0.2) is 66.1 Å². The molecule has 1 saturated heterocycles. The second-order valence-corrected chi connectivity index (χ2v) is 7.68. The first-order valence-corrected chi connectivity index (χ1v) is 9.50. The maximum Gasteiger partial charge on any atom is 0.266 e. The van der Waals surface area contributed by atoms with Crippen molar-refractivity contribution >= 4 is 51.9 Å². The van der Waals surface area contributed by atoms with E-state index in [0.29, 0.717) is 27.4 Å². The Hall–Kier alpha value is -2.08. The van der Waals surface area contributed by atoms with Gasteiger partial charge >= 0.3 is 0 Å². The van der Waals surface area contributed by atoms with Crippen LogP contribution in [0, 0.1) is 0 Å². The summed E-state index contributed by atoms with van der Waals surface area (Å²) in [5.41, 5.74) is 1.92. The van der Waals surface area contributed by atoms with Crippen molar-refractivity contribution in [3.63, 3.8) is 0 Å². The summed E-state index contributed by atoms with van der Waals surface area (Å²) in [5, 5.41) is 0.699. The zero-order valence-electron chi connectivity index (χ0n) is 13.9. The molecule has 132 valence electrons. The van der Waals surface area contributed by atoms with Gasteiger partial charge in [0.05, 0.1) is 4.91 Å². The van der Waals surface area contributed by atoms with E-state index in [1.54, 1.807) is 11.0 Å². The first kappa shape index (κ1) is 18.7. The fraction of sp³-hybridized carbons (Fsp3) is 0.100. The highest BCUT2D eigenvalue weighted by Crippen LogP contribution is 2.32. The quantitative estimate of drug-likeness (QED) is 0.373. The molecule has 0 aliphatic carbocycles. The first-order chi connectivity index (χ1) is 12.6. The first-order valence-electron chi connectivity index (χ1n) is 7.90. The van der Waals surface area contributed by atoms with Crippen molar-refractivity contribution in [1.82, 2.24) is 4.90 Å². The lowest BCUT2D eigenvalue weighted by Crippen LogP contribution is -2.27. The van der Waals surface area contributed by atoms with E-state index in [0.717, 1.165) is 16.9 Å². The number of thiocarbonyl (C=S) groups is 1. The summed E-state index contributed by atoms with van der Waals surface area (Å²) in [6, 6.07) is 15.1. The SMILES string of the molecule is C=CCN1C(=O)/C(=C\c2cccc(OCc3ccc(Cl)cc3)c2)SC1=S. The Labute approximate surface area is 167 Å². The fourth-order valence-corrected chi connectivity index (χ4v) is 3.78. The summed E-state index contributed by atoms with van der Waals surface area (Å²) in [4.78, 5) is 14.5. The monoisotopic (exact) mass is 401 g/mol. The smallest absolute Gasteiger partial charge is 0.266 e. The van der Waals surface area contributed by atoms with Crippen molar-refractivity contribution in [3.8, 4) is 5.75 Å². The lowest BCUT2D eigenvalue weighted by atomic mass is 10.2. The number of halogens is 1. The number of rotatable bonds is 6. The molecule has 3 nitrogen and oxygen atoms in total. The molecule has 0 saturated carbocycles. The molecule has 6 heteroatoms. The standard InChI is InChI=1S/C20H16ClNO2S2/c1-2-10-22-19(23)18(26-20(22)25)12-15-4-3-5-17(11-15)24-13-14-6-8-16(21)9-7-14/h2-9,11-12H,1,10,13H2/b18-12+. The Morgan fingerprint density at radius 1 is 1.23 bits per heavy atom. The summed E-state index contributed by atoms with van der Waals surface area (Å²) in [7, 11) is 0. The number of carbonyl (C=O) groups is 1. The van der Waals surface area contributed by atoms with Gasteiger partial charge < -0.3 is 4.74 Å². The molecule has 2 aromatic carbocycles. The van der Waals surface area contributed by atoms with Crippen LogP contribution in [0.3, 0.4) is 0 Å². The van der Waals surface area contributed by atoms with Gasteiger partial charge in [-0.1, -0.05) is 65.9 Å². The van der Waals surface area contributed by atoms with Crippen LogP contribution in [0.1, 0.15) is 11.1 Å². The molecule has 1 amide bonds. The molecule has 26 heavy (non-hydrogen) atoms. The normalized spacial score (nSPS) is 15.6. The molecule has 0 radical (unpaired) electrons. The predicted octanol–water partition coefficient (Wildman–Crippen LogP) is 5.31. The van der Waals surface area contributed by atoms with E-state index in [9.17, 15) is 4.79 Å². The molecular formula is C20H16ClNO2S2. The molecule has 0 unspecified atom stereocenters. The number of carbonyl (C=O) groups excluding carboxylic acids is 1. The van der Waals surface area contributed by atoms with Crippen LogP contribution in [0.4, 0.5) is 0 Å². The topological polar surface area (TPSA) is 29.5 Å². The highest BCUT2D eigenvalue weighted by atomic mass is 35.5. The van der Waals surface area contributed by atoms with Crippen molar-refractivity contribution in [1.29, 1.82) is 0 Å². The van der Waals surface area contributed by atoms with E-state index in [-0.39, 0.29) is 5.91 Å². The minimum Gasteiger partial charge on any atom is -0.489 e. The molecule has 1 aliphatic heterocycles. The third-order valence-corrected chi connectivity index (χ3v) is 5.29. The summed E-state index contributed by atoms with van der Waals surface area (Å²) < 4.78 is 6.38. The average molecular weight is 402 g/mol. The van der Waals surface area contributed by atoms with Gasteiger partial charge in [0, 0.05) is 11.6 Å². The molecule has 1 heterocycles. The van der Waals surface area contributed by atoms with Crippen molar-refractivity contribution in [2.24, 2.45) is 0 Å². The molecule has 1 aliphatic rings. The highest BCUT2D eigenvalue weighted by molar-refractivity contribution is 8.26. The average Bonchev–Trinajstić information content (AvgIpc) is 2.89. The van der Waals surface area contributed by atoms with Crippen LogP contribution >= 0.6 is 35.6 Å². The van der Waals surface area contributed by atoms with Crippen LogP contribution in [-0.2, 0) is 11.4 Å².